The van der Waals surface area contributed by atoms with Gasteiger partial charge in [0.05, 0.1) is 6.61 Å². The lowest BCUT2D eigenvalue weighted by Gasteiger charge is -2.41. The zero-order valence-corrected chi connectivity index (χ0v) is 13.6. The lowest BCUT2D eigenvalue weighted by Crippen LogP contribution is -2.35. The van der Waals surface area contributed by atoms with Gasteiger partial charge in [-0.05, 0) is 31.6 Å². The molecule has 0 saturated heterocycles. The number of rotatable bonds is 7. The molecule has 1 aromatic heterocycles. The Morgan fingerprint density at radius 2 is 2.10 bits per heavy atom. The van der Waals surface area contributed by atoms with E-state index in [1.165, 1.54) is 37.5 Å². The first-order chi connectivity index (χ1) is 10.0. The van der Waals surface area contributed by atoms with Crippen LogP contribution in [0.4, 0.5) is 5.13 Å². The molecular formula is C15H22N2O3S. The van der Waals surface area contributed by atoms with Crippen molar-refractivity contribution >= 4 is 28.2 Å². The smallest absolute Gasteiger partial charge is 0.358 e. The van der Waals surface area contributed by atoms with Crippen LogP contribution in [0.1, 0.15) is 66.6 Å². The fourth-order valence-electron chi connectivity index (χ4n) is 2.57. The summed E-state index contributed by atoms with van der Waals surface area (Å²) in [4.78, 5) is 28.1. The summed E-state index contributed by atoms with van der Waals surface area (Å²) in [5, 5.41) is 3.93. The SMILES string of the molecule is CCOC(=O)c1nc(NCC2(CC)CCC2)sc1C(C)=O. The molecule has 1 fully saturated rings. The number of hydrogen-bond donors (Lipinski definition) is 1. The van der Waals surface area contributed by atoms with Gasteiger partial charge in [-0.2, -0.15) is 0 Å². The van der Waals surface area contributed by atoms with E-state index in [9.17, 15) is 9.59 Å². The van der Waals surface area contributed by atoms with Crippen LogP contribution in [0.25, 0.3) is 0 Å². The monoisotopic (exact) mass is 310 g/mol. The topological polar surface area (TPSA) is 68.3 Å². The Kier molecular flexibility index (Phi) is 4.98. The molecule has 0 aliphatic heterocycles. The standard InChI is InChI=1S/C15H22N2O3S/c1-4-15(7-6-8-15)9-16-14-17-11(13(19)20-5-2)12(21-14)10(3)18/h4-9H2,1-3H3,(H,16,17). The van der Waals surface area contributed by atoms with Crippen LogP contribution in [0, 0.1) is 5.41 Å². The molecule has 0 unspecified atom stereocenters. The van der Waals surface area contributed by atoms with Gasteiger partial charge < -0.3 is 10.1 Å². The Balaban J connectivity index is 2.11. The second kappa shape index (κ2) is 6.56. The molecule has 1 aromatic rings. The van der Waals surface area contributed by atoms with Crippen LogP contribution < -0.4 is 5.32 Å². The summed E-state index contributed by atoms with van der Waals surface area (Å²) in [6, 6.07) is 0. The predicted octanol–water partition coefficient (Wildman–Crippen LogP) is 3.51. The molecule has 1 aliphatic rings. The van der Waals surface area contributed by atoms with Gasteiger partial charge in [0, 0.05) is 13.5 Å². The molecule has 6 heteroatoms. The van der Waals surface area contributed by atoms with E-state index >= 15 is 0 Å². The number of carbonyl (C=O) groups is 2. The number of hydrogen-bond acceptors (Lipinski definition) is 6. The minimum atomic E-state index is -0.527. The molecule has 0 aromatic carbocycles. The van der Waals surface area contributed by atoms with Crippen LogP contribution in [0.5, 0.6) is 0 Å². The first-order valence-electron chi connectivity index (χ1n) is 7.44. The molecule has 21 heavy (non-hydrogen) atoms. The largest absolute Gasteiger partial charge is 0.461 e. The molecule has 5 nitrogen and oxygen atoms in total. The number of esters is 1. The van der Waals surface area contributed by atoms with E-state index in [-0.39, 0.29) is 18.1 Å². The first-order valence-corrected chi connectivity index (χ1v) is 8.25. The van der Waals surface area contributed by atoms with Crippen LogP contribution in [-0.4, -0.2) is 29.9 Å². The lowest BCUT2D eigenvalue weighted by molar-refractivity contribution is 0.0517. The van der Waals surface area contributed by atoms with Crippen LogP contribution >= 0.6 is 11.3 Å². The molecule has 1 N–H and O–H groups in total. The number of ether oxygens (including phenoxy) is 1. The molecule has 0 bridgehead atoms. The van der Waals surface area contributed by atoms with Crippen molar-refractivity contribution in [3.8, 4) is 0 Å². The average Bonchev–Trinajstić information content (AvgIpc) is 2.83. The second-order valence-electron chi connectivity index (χ2n) is 5.53. The minimum absolute atomic E-state index is 0.135. The van der Waals surface area contributed by atoms with Gasteiger partial charge in [0.15, 0.2) is 16.6 Å². The third kappa shape index (κ3) is 3.43. The number of aromatic nitrogens is 1. The van der Waals surface area contributed by atoms with Crippen molar-refractivity contribution in [1.29, 1.82) is 0 Å². The second-order valence-corrected chi connectivity index (χ2v) is 6.53. The molecular weight excluding hydrogens is 288 g/mol. The van der Waals surface area contributed by atoms with Crippen molar-refractivity contribution in [3.63, 3.8) is 0 Å². The Morgan fingerprint density at radius 3 is 2.57 bits per heavy atom. The highest BCUT2D eigenvalue weighted by Crippen LogP contribution is 2.43. The van der Waals surface area contributed by atoms with E-state index in [2.05, 4.69) is 17.2 Å². The van der Waals surface area contributed by atoms with Crippen LogP contribution in [0.15, 0.2) is 0 Å². The summed E-state index contributed by atoms with van der Waals surface area (Å²) in [7, 11) is 0. The molecule has 1 heterocycles. The normalized spacial score (nSPS) is 16.1. The van der Waals surface area contributed by atoms with E-state index in [4.69, 9.17) is 4.74 Å². The summed E-state index contributed by atoms with van der Waals surface area (Å²) >= 11 is 1.23. The van der Waals surface area contributed by atoms with Crippen molar-refractivity contribution in [2.75, 3.05) is 18.5 Å². The van der Waals surface area contributed by atoms with Gasteiger partial charge in [0.25, 0.3) is 0 Å². The third-order valence-electron chi connectivity index (χ3n) is 4.19. The zero-order valence-electron chi connectivity index (χ0n) is 12.8. The fraction of sp³-hybridized carbons (Fsp3) is 0.667. The predicted molar refractivity (Wildman–Crippen MR) is 83.1 cm³/mol. The van der Waals surface area contributed by atoms with Crippen molar-refractivity contribution in [3.05, 3.63) is 10.6 Å². The van der Waals surface area contributed by atoms with Crippen LogP contribution in [-0.2, 0) is 4.74 Å². The van der Waals surface area contributed by atoms with E-state index in [1.54, 1.807) is 6.92 Å². The molecule has 1 saturated carbocycles. The van der Waals surface area contributed by atoms with E-state index < -0.39 is 5.97 Å². The Labute approximate surface area is 129 Å². The van der Waals surface area contributed by atoms with Crippen molar-refractivity contribution < 1.29 is 14.3 Å². The molecule has 0 radical (unpaired) electrons. The van der Waals surface area contributed by atoms with Gasteiger partial charge in [-0.3, -0.25) is 4.79 Å². The van der Waals surface area contributed by atoms with E-state index in [0.29, 0.717) is 15.4 Å². The molecule has 116 valence electrons. The van der Waals surface area contributed by atoms with Crippen LogP contribution in [0.3, 0.4) is 0 Å². The molecule has 0 amide bonds. The Bertz CT molecular complexity index is 530. The van der Waals surface area contributed by atoms with Crippen LogP contribution in [0.2, 0.25) is 0 Å². The Morgan fingerprint density at radius 1 is 1.38 bits per heavy atom. The highest BCUT2D eigenvalue weighted by molar-refractivity contribution is 7.17. The summed E-state index contributed by atoms with van der Waals surface area (Å²) in [5.74, 6) is -0.682. The third-order valence-corrected chi connectivity index (χ3v) is 5.31. The maximum absolute atomic E-state index is 11.8. The molecule has 2 rings (SSSR count). The quantitative estimate of drug-likeness (QED) is 0.616. The first kappa shape index (κ1) is 15.9. The maximum atomic E-state index is 11.8. The molecule has 1 aliphatic carbocycles. The number of nitrogens with one attached hydrogen (secondary N) is 1. The maximum Gasteiger partial charge on any atom is 0.358 e. The average molecular weight is 310 g/mol. The van der Waals surface area contributed by atoms with Gasteiger partial charge in [0.1, 0.15) is 4.88 Å². The summed E-state index contributed by atoms with van der Waals surface area (Å²) in [5.41, 5.74) is 0.489. The van der Waals surface area contributed by atoms with Gasteiger partial charge in [0.2, 0.25) is 0 Å². The van der Waals surface area contributed by atoms with Gasteiger partial charge >= 0.3 is 5.97 Å². The lowest BCUT2D eigenvalue weighted by atomic mass is 9.67. The number of ketones is 1. The summed E-state index contributed by atoms with van der Waals surface area (Å²) in [6.45, 7) is 6.50. The van der Waals surface area contributed by atoms with Crippen molar-refractivity contribution in [1.82, 2.24) is 4.98 Å². The molecule has 0 atom stereocenters. The molecule has 0 spiro atoms. The highest BCUT2D eigenvalue weighted by atomic mass is 32.1. The fourth-order valence-corrected chi connectivity index (χ4v) is 3.41. The van der Waals surface area contributed by atoms with E-state index in [1.807, 2.05) is 0 Å². The van der Waals surface area contributed by atoms with Crippen molar-refractivity contribution in [2.24, 2.45) is 5.41 Å². The summed E-state index contributed by atoms with van der Waals surface area (Å²) in [6.07, 6.45) is 4.87. The van der Waals surface area contributed by atoms with Gasteiger partial charge in [-0.15, -0.1) is 0 Å². The zero-order chi connectivity index (χ0) is 15.5. The van der Waals surface area contributed by atoms with E-state index in [0.717, 1.165) is 13.0 Å². The van der Waals surface area contributed by atoms with Gasteiger partial charge in [-0.1, -0.05) is 24.7 Å². The van der Waals surface area contributed by atoms with Crippen molar-refractivity contribution in [2.45, 2.75) is 46.5 Å². The number of thiazole rings is 1. The number of nitrogens with zero attached hydrogens (tertiary/aromatic N) is 1. The summed E-state index contributed by atoms with van der Waals surface area (Å²) < 4.78 is 4.96. The number of carbonyl (C=O) groups excluding carboxylic acids is 2. The number of Topliss-reactive ketones (excluding diaryl/α,β-unsaturated/α-hetero) is 1. The minimum Gasteiger partial charge on any atom is -0.461 e. The Hall–Kier alpha value is -1.43. The van der Waals surface area contributed by atoms with Gasteiger partial charge in [-0.25, -0.2) is 9.78 Å². The highest BCUT2D eigenvalue weighted by Gasteiger charge is 2.35. The number of anilines is 1.